The molecular weight excluding hydrogens is 460 g/mol. The zero-order valence-corrected chi connectivity index (χ0v) is 22.0. The maximum Gasteiger partial charge on any atom is 0.153 e. The zero-order valence-electron chi connectivity index (χ0n) is 22.0. The molecule has 0 aromatic heterocycles. The molecule has 0 bridgehead atoms. The Bertz CT molecular complexity index is 1410. The van der Waals surface area contributed by atoms with Crippen LogP contribution in [0.2, 0.25) is 0 Å². The van der Waals surface area contributed by atoms with Crippen LogP contribution in [-0.2, 0) is 16.9 Å². The summed E-state index contributed by atoms with van der Waals surface area (Å²) in [6.45, 7) is 2.69. The number of fused-ring (bicyclic) bond motifs is 3. The summed E-state index contributed by atoms with van der Waals surface area (Å²) in [7, 11) is 5.14. The van der Waals surface area contributed by atoms with Crippen molar-refractivity contribution in [1.29, 1.82) is 0 Å². The molecule has 1 heterocycles. The summed E-state index contributed by atoms with van der Waals surface area (Å²) >= 11 is 0. The van der Waals surface area contributed by atoms with Crippen LogP contribution in [0.1, 0.15) is 42.9 Å². The molecule has 1 aliphatic rings. The third-order valence-corrected chi connectivity index (χ3v) is 7.25. The van der Waals surface area contributed by atoms with E-state index in [1.54, 1.807) is 21.3 Å². The highest BCUT2D eigenvalue weighted by Gasteiger charge is 2.37. The Kier molecular flexibility index (Phi) is 7.20. The molecule has 4 aromatic carbocycles. The van der Waals surface area contributed by atoms with Gasteiger partial charge in [-0.2, -0.15) is 0 Å². The molecule has 0 amide bonds. The topological polar surface area (TPSA) is 36.9 Å². The molecule has 0 N–H and O–H groups in total. The molecule has 0 saturated heterocycles. The van der Waals surface area contributed by atoms with Crippen molar-refractivity contribution in [3.05, 3.63) is 95.6 Å². The molecule has 37 heavy (non-hydrogen) atoms. The number of methoxy groups -OCH3 is 3. The van der Waals surface area contributed by atoms with Gasteiger partial charge in [0.25, 0.3) is 0 Å². The molecule has 4 aromatic rings. The first-order valence-corrected chi connectivity index (χ1v) is 12.9. The highest BCUT2D eigenvalue weighted by Crippen LogP contribution is 2.49. The van der Waals surface area contributed by atoms with E-state index in [0.717, 1.165) is 75.1 Å². The van der Waals surface area contributed by atoms with Crippen molar-refractivity contribution in [3.63, 3.8) is 0 Å². The Balaban J connectivity index is 1.79. The minimum absolute atomic E-state index is 0.479. The van der Waals surface area contributed by atoms with Crippen LogP contribution < -0.4 is 14.2 Å². The fraction of sp³-hybridized carbons (Fsp3) is 0.273. The van der Waals surface area contributed by atoms with E-state index < -0.39 is 5.60 Å². The van der Waals surface area contributed by atoms with Gasteiger partial charge in [0.2, 0.25) is 0 Å². The van der Waals surface area contributed by atoms with Crippen LogP contribution in [0.3, 0.4) is 0 Å². The van der Waals surface area contributed by atoms with Gasteiger partial charge in [0.05, 0.1) is 20.8 Å². The Morgan fingerprint density at radius 2 is 1.54 bits per heavy atom. The van der Waals surface area contributed by atoms with Crippen LogP contribution in [0.4, 0.5) is 0 Å². The highest BCUT2D eigenvalue weighted by atomic mass is 16.5. The first-order chi connectivity index (χ1) is 18.1. The fourth-order valence-corrected chi connectivity index (χ4v) is 5.33. The second kappa shape index (κ2) is 10.7. The van der Waals surface area contributed by atoms with Crippen LogP contribution in [0.5, 0.6) is 17.2 Å². The summed E-state index contributed by atoms with van der Waals surface area (Å²) in [4.78, 5) is 0. The summed E-state index contributed by atoms with van der Waals surface area (Å²) in [5.74, 6) is 2.50. The van der Waals surface area contributed by atoms with E-state index in [1.165, 1.54) is 0 Å². The van der Waals surface area contributed by atoms with E-state index in [-0.39, 0.29) is 0 Å². The van der Waals surface area contributed by atoms with Crippen LogP contribution in [0, 0.1) is 0 Å². The third-order valence-electron chi connectivity index (χ3n) is 7.25. The highest BCUT2D eigenvalue weighted by molar-refractivity contribution is 6.05. The SMILES string of the molecule is CCCCC1(c2ccc(OC)cc2)C=Cc2c(COC)c(-c3ccccc3)c3ccc(OC)cc3c2O1. The molecule has 0 radical (unpaired) electrons. The number of hydrogen-bond donors (Lipinski definition) is 0. The van der Waals surface area contributed by atoms with Crippen LogP contribution in [-0.4, -0.2) is 21.3 Å². The standard InChI is InChI=1S/C33H34O4/c1-5-6-19-33(24-12-14-25(35-3)15-13-24)20-18-28-30(22-34-2)31(23-10-8-7-9-11-23)27-17-16-26(36-4)21-29(27)32(28)37-33/h7-18,20-21H,5-6,19,22H2,1-4H3. The van der Waals surface area contributed by atoms with E-state index in [2.05, 4.69) is 67.6 Å². The van der Waals surface area contributed by atoms with Gasteiger partial charge in [-0.25, -0.2) is 0 Å². The molecule has 1 unspecified atom stereocenters. The second-order valence-corrected chi connectivity index (χ2v) is 9.46. The molecule has 1 aliphatic heterocycles. The number of hydrogen-bond acceptors (Lipinski definition) is 4. The molecule has 4 nitrogen and oxygen atoms in total. The zero-order chi connectivity index (χ0) is 25.8. The fourth-order valence-electron chi connectivity index (χ4n) is 5.33. The van der Waals surface area contributed by atoms with Crippen molar-refractivity contribution in [2.75, 3.05) is 21.3 Å². The van der Waals surface area contributed by atoms with Gasteiger partial charge in [0.15, 0.2) is 5.60 Å². The maximum atomic E-state index is 7.13. The summed E-state index contributed by atoms with van der Waals surface area (Å²) < 4.78 is 24.0. The average Bonchev–Trinajstić information content (AvgIpc) is 2.96. The number of benzene rings is 4. The number of rotatable bonds is 9. The van der Waals surface area contributed by atoms with E-state index in [4.69, 9.17) is 18.9 Å². The lowest BCUT2D eigenvalue weighted by molar-refractivity contribution is 0.105. The Morgan fingerprint density at radius 1 is 0.811 bits per heavy atom. The van der Waals surface area contributed by atoms with Gasteiger partial charge in [-0.3, -0.25) is 0 Å². The van der Waals surface area contributed by atoms with Crippen molar-refractivity contribution >= 4 is 16.8 Å². The molecule has 5 rings (SSSR count). The van der Waals surface area contributed by atoms with E-state index in [1.807, 2.05) is 24.3 Å². The maximum absolute atomic E-state index is 7.13. The van der Waals surface area contributed by atoms with Crippen molar-refractivity contribution in [2.45, 2.75) is 38.4 Å². The predicted octanol–water partition coefficient (Wildman–Crippen LogP) is 8.16. The number of ether oxygens (including phenoxy) is 4. The van der Waals surface area contributed by atoms with E-state index in [9.17, 15) is 0 Å². The minimum Gasteiger partial charge on any atom is -0.497 e. The van der Waals surface area contributed by atoms with Crippen LogP contribution >= 0.6 is 0 Å². The lowest BCUT2D eigenvalue weighted by Gasteiger charge is -2.37. The normalized spacial score (nSPS) is 16.3. The Morgan fingerprint density at radius 3 is 2.22 bits per heavy atom. The van der Waals surface area contributed by atoms with Crippen LogP contribution in [0.25, 0.3) is 28.0 Å². The monoisotopic (exact) mass is 494 g/mol. The lowest BCUT2D eigenvalue weighted by Crippen LogP contribution is -2.33. The van der Waals surface area contributed by atoms with E-state index in [0.29, 0.717) is 6.61 Å². The average molecular weight is 495 g/mol. The molecule has 0 fully saturated rings. The van der Waals surface area contributed by atoms with Crippen molar-refractivity contribution < 1.29 is 18.9 Å². The van der Waals surface area contributed by atoms with Gasteiger partial charge >= 0.3 is 0 Å². The molecule has 1 atom stereocenters. The van der Waals surface area contributed by atoms with Gasteiger partial charge in [-0.05, 0) is 76.9 Å². The second-order valence-electron chi connectivity index (χ2n) is 9.46. The predicted molar refractivity (Wildman–Crippen MR) is 151 cm³/mol. The smallest absolute Gasteiger partial charge is 0.153 e. The van der Waals surface area contributed by atoms with Crippen LogP contribution in [0.15, 0.2) is 78.9 Å². The van der Waals surface area contributed by atoms with Gasteiger partial charge in [0, 0.05) is 18.1 Å². The number of unbranched alkanes of at least 4 members (excludes halogenated alkanes) is 1. The van der Waals surface area contributed by atoms with E-state index >= 15 is 0 Å². The first-order valence-electron chi connectivity index (χ1n) is 12.9. The summed E-state index contributed by atoms with van der Waals surface area (Å²) in [5.41, 5.74) is 5.03. The molecule has 0 aliphatic carbocycles. The first kappa shape index (κ1) is 24.9. The third kappa shape index (κ3) is 4.58. The molecular formula is C33H34O4. The summed E-state index contributed by atoms with van der Waals surface area (Å²) in [5, 5.41) is 2.15. The van der Waals surface area contributed by atoms with Crippen molar-refractivity contribution in [1.82, 2.24) is 0 Å². The Hall–Kier alpha value is -3.76. The molecule has 4 heteroatoms. The minimum atomic E-state index is -0.579. The Labute approximate surface area is 219 Å². The van der Waals surface area contributed by atoms with Gasteiger partial charge in [-0.15, -0.1) is 0 Å². The quantitative estimate of drug-likeness (QED) is 0.235. The largest absolute Gasteiger partial charge is 0.497 e. The summed E-state index contributed by atoms with van der Waals surface area (Å²) in [6.07, 6.45) is 7.46. The summed E-state index contributed by atoms with van der Waals surface area (Å²) in [6, 6.07) is 25.0. The van der Waals surface area contributed by atoms with Crippen molar-refractivity contribution in [3.8, 4) is 28.4 Å². The van der Waals surface area contributed by atoms with Gasteiger partial charge in [0.1, 0.15) is 17.2 Å². The molecule has 190 valence electrons. The lowest BCUT2D eigenvalue weighted by atomic mass is 9.82. The molecule has 0 spiro atoms. The van der Waals surface area contributed by atoms with Gasteiger partial charge < -0.3 is 18.9 Å². The van der Waals surface area contributed by atoms with Gasteiger partial charge in [-0.1, -0.05) is 61.9 Å². The molecule has 0 saturated carbocycles. The van der Waals surface area contributed by atoms with Crippen molar-refractivity contribution in [2.24, 2.45) is 0 Å².